The van der Waals surface area contributed by atoms with Gasteiger partial charge in [0.25, 0.3) is 0 Å². The molecule has 0 bridgehead atoms. The third-order valence-electron chi connectivity index (χ3n) is 4.45. The second-order valence-electron chi connectivity index (χ2n) is 6.21. The third kappa shape index (κ3) is 2.98. The van der Waals surface area contributed by atoms with Gasteiger partial charge in [0, 0.05) is 36.9 Å². The number of fused-ring (bicyclic) bond motifs is 1. The first kappa shape index (κ1) is 15.4. The molecular weight excluding hydrogens is 314 g/mol. The van der Waals surface area contributed by atoms with E-state index in [1.807, 2.05) is 46.0 Å². The Balaban J connectivity index is 1.42. The number of nitrogens with zero attached hydrogens (tertiary/aromatic N) is 4. The summed E-state index contributed by atoms with van der Waals surface area (Å²) in [6.45, 7) is 2.52. The van der Waals surface area contributed by atoms with Gasteiger partial charge in [0.2, 0.25) is 0 Å². The minimum atomic E-state index is -0.0730. The quantitative estimate of drug-likeness (QED) is 0.801. The molecule has 1 unspecified atom stereocenters. The number of nitrogens with one attached hydrogen (secondary N) is 1. The molecule has 2 aromatic heterocycles. The van der Waals surface area contributed by atoms with E-state index in [2.05, 4.69) is 28.3 Å². The fraction of sp³-hybridized carbons (Fsp3) is 0.211. The second-order valence-corrected chi connectivity index (χ2v) is 6.21. The lowest BCUT2D eigenvalue weighted by Gasteiger charge is -2.23. The summed E-state index contributed by atoms with van der Waals surface area (Å²) in [6.07, 6.45) is 7.93. The van der Waals surface area contributed by atoms with Crippen LogP contribution >= 0.6 is 0 Å². The summed E-state index contributed by atoms with van der Waals surface area (Å²) in [5.74, 6) is 0.801. The topological polar surface area (TPSA) is 63.1 Å². The van der Waals surface area contributed by atoms with Crippen molar-refractivity contribution >= 4 is 11.7 Å². The number of carbonyl (C=O) groups is 1. The number of benzene rings is 1. The Bertz CT molecular complexity index is 873. The Morgan fingerprint density at radius 1 is 1.28 bits per heavy atom. The number of aromatic nitrogens is 3. The van der Waals surface area contributed by atoms with Gasteiger partial charge < -0.3 is 5.32 Å². The molecule has 6 nitrogen and oxygen atoms in total. The number of hydrogen-bond donors (Lipinski definition) is 1. The van der Waals surface area contributed by atoms with Gasteiger partial charge in [-0.25, -0.2) is 14.8 Å². The maximum absolute atomic E-state index is 12.6. The van der Waals surface area contributed by atoms with Gasteiger partial charge in [-0.05, 0) is 36.6 Å². The molecule has 4 rings (SSSR count). The number of rotatable bonds is 3. The molecule has 2 amide bonds. The number of anilines is 1. The maximum atomic E-state index is 12.6. The van der Waals surface area contributed by atoms with Crippen molar-refractivity contribution in [1.29, 1.82) is 0 Å². The van der Waals surface area contributed by atoms with Crippen molar-refractivity contribution in [3.8, 4) is 5.82 Å². The third-order valence-corrected chi connectivity index (χ3v) is 4.45. The predicted molar refractivity (Wildman–Crippen MR) is 95.7 cm³/mol. The summed E-state index contributed by atoms with van der Waals surface area (Å²) >= 11 is 0. The van der Waals surface area contributed by atoms with Crippen molar-refractivity contribution in [2.24, 2.45) is 0 Å². The van der Waals surface area contributed by atoms with Gasteiger partial charge in [0.05, 0.1) is 0 Å². The van der Waals surface area contributed by atoms with Crippen molar-refractivity contribution < 1.29 is 4.79 Å². The minimum absolute atomic E-state index is 0.0730. The number of carbonyl (C=O) groups excluding carboxylic acids is 1. The van der Waals surface area contributed by atoms with Crippen molar-refractivity contribution in [1.82, 2.24) is 19.9 Å². The van der Waals surface area contributed by atoms with Crippen LogP contribution in [0.25, 0.3) is 5.82 Å². The summed E-state index contributed by atoms with van der Waals surface area (Å²) in [7, 11) is 0. The van der Waals surface area contributed by atoms with Crippen LogP contribution in [0.4, 0.5) is 10.5 Å². The van der Waals surface area contributed by atoms with Gasteiger partial charge in [0.1, 0.15) is 12.1 Å². The zero-order valence-electron chi connectivity index (χ0n) is 14.0. The van der Waals surface area contributed by atoms with Crippen LogP contribution in [0.1, 0.15) is 18.1 Å². The first-order valence-corrected chi connectivity index (χ1v) is 8.30. The molecule has 3 heterocycles. The lowest BCUT2D eigenvalue weighted by molar-refractivity contribution is 0.244. The normalized spacial score (nSPS) is 15.9. The van der Waals surface area contributed by atoms with Crippen LogP contribution in [0.15, 0.2) is 61.3 Å². The minimum Gasteiger partial charge on any atom is -0.334 e. The molecular formula is C19H19N5O. The van der Waals surface area contributed by atoms with Crippen LogP contribution in [0.3, 0.4) is 0 Å². The van der Waals surface area contributed by atoms with E-state index in [4.69, 9.17) is 0 Å². The van der Waals surface area contributed by atoms with Gasteiger partial charge in [-0.3, -0.25) is 9.47 Å². The smallest absolute Gasteiger partial charge is 0.322 e. The van der Waals surface area contributed by atoms with E-state index in [0.717, 1.165) is 23.5 Å². The molecule has 1 aliphatic heterocycles. The average molecular weight is 333 g/mol. The Morgan fingerprint density at radius 2 is 2.16 bits per heavy atom. The SMILES string of the molecule is CC1Cc2ccccc2N1C(=O)NCc1ccc(-n2ccnc2)nc1. The Kier molecular flexibility index (Phi) is 3.93. The molecule has 0 aliphatic carbocycles. The highest BCUT2D eigenvalue weighted by Gasteiger charge is 2.30. The van der Waals surface area contributed by atoms with E-state index >= 15 is 0 Å². The molecule has 0 saturated heterocycles. The molecule has 1 atom stereocenters. The fourth-order valence-electron chi connectivity index (χ4n) is 3.21. The van der Waals surface area contributed by atoms with Gasteiger partial charge in [-0.15, -0.1) is 0 Å². The Hall–Kier alpha value is -3.15. The Labute approximate surface area is 146 Å². The molecule has 126 valence electrons. The first-order chi connectivity index (χ1) is 12.2. The number of imidazole rings is 1. The molecule has 25 heavy (non-hydrogen) atoms. The van der Waals surface area contributed by atoms with Crippen molar-refractivity contribution in [3.63, 3.8) is 0 Å². The van der Waals surface area contributed by atoms with E-state index in [9.17, 15) is 4.79 Å². The van der Waals surface area contributed by atoms with Gasteiger partial charge in [-0.1, -0.05) is 24.3 Å². The number of pyridine rings is 1. The van der Waals surface area contributed by atoms with Crippen LogP contribution in [-0.2, 0) is 13.0 Å². The maximum Gasteiger partial charge on any atom is 0.322 e. The van der Waals surface area contributed by atoms with Gasteiger partial charge in [-0.2, -0.15) is 0 Å². The molecule has 0 radical (unpaired) electrons. The molecule has 1 N–H and O–H groups in total. The molecule has 1 aromatic carbocycles. The highest BCUT2D eigenvalue weighted by atomic mass is 16.2. The van der Waals surface area contributed by atoms with E-state index in [1.54, 1.807) is 18.7 Å². The van der Waals surface area contributed by atoms with Crippen LogP contribution in [0.2, 0.25) is 0 Å². The zero-order chi connectivity index (χ0) is 17.2. The fourth-order valence-corrected chi connectivity index (χ4v) is 3.21. The highest BCUT2D eigenvalue weighted by Crippen LogP contribution is 2.31. The number of urea groups is 1. The van der Waals surface area contributed by atoms with E-state index < -0.39 is 0 Å². The summed E-state index contributed by atoms with van der Waals surface area (Å²) < 4.78 is 1.84. The largest absolute Gasteiger partial charge is 0.334 e. The molecule has 0 fully saturated rings. The monoisotopic (exact) mass is 333 g/mol. The van der Waals surface area contributed by atoms with E-state index in [0.29, 0.717) is 6.54 Å². The van der Waals surface area contributed by atoms with Crippen molar-refractivity contribution in [2.75, 3.05) is 4.90 Å². The predicted octanol–water partition coefficient (Wildman–Crippen LogP) is 2.93. The second kappa shape index (κ2) is 6.39. The number of para-hydroxylation sites is 1. The van der Waals surface area contributed by atoms with Crippen LogP contribution in [0.5, 0.6) is 0 Å². The lowest BCUT2D eigenvalue weighted by atomic mass is 10.1. The standard InChI is InChI=1S/C19H19N5O/c1-14-10-16-4-2-3-5-17(16)24(14)19(25)22-12-15-6-7-18(21-11-15)23-9-8-20-13-23/h2-9,11,13-14H,10,12H2,1H3,(H,22,25). The first-order valence-electron chi connectivity index (χ1n) is 8.30. The Morgan fingerprint density at radius 3 is 2.92 bits per heavy atom. The van der Waals surface area contributed by atoms with Crippen molar-refractivity contribution in [3.05, 3.63) is 72.4 Å². The van der Waals surface area contributed by atoms with Gasteiger partial charge >= 0.3 is 6.03 Å². The zero-order valence-corrected chi connectivity index (χ0v) is 14.0. The van der Waals surface area contributed by atoms with E-state index in [1.165, 1.54) is 5.56 Å². The molecule has 0 saturated carbocycles. The highest BCUT2D eigenvalue weighted by molar-refractivity contribution is 5.94. The van der Waals surface area contributed by atoms with Crippen LogP contribution in [-0.4, -0.2) is 26.6 Å². The summed E-state index contributed by atoms with van der Waals surface area (Å²) in [6, 6.07) is 12.0. The summed E-state index contributed by atoms with van der Waals surface area (Å²) in [5, 5.41) is 2.99. The van der Waals surface area contributed by atoms with Crippen LogP contribution < -0.4 is 10.2 Å². The molecule has 6 heteroatoms. The molecule has 1 aliphatic rings. The van der Waals surface area contributed by atoms with E-state index in [-0.39, 0.29) is 12.1 Å². The number of hydrogen-bond acceptors (Lipinski definition) is 3. The number of amides is 2. The van der Waals surface area contributed by atoms with Crippen molar-refractivity contribution in [2.45, 2.75) is 25.9 Å². The lowest BCUT2D eigenvalue weighted by Crippen LogP contribution is -2.42. The summed E-state index contributed by atoms with van der Waals surface area (Å²) in [4.78, 5) is 22.9. The van der Waals surface area contributed by atoms with Crippen LogP contribution in [0, 0.1) is 0 Å². The average Bonchev–Trinajstić information content (AvgIpc) is 3.27. The molecule has 0 spiro atoms. The summed E-state index contributed by atoms with van der Waals surface area (Å²) in [5.41, 5.74) is 3.18. The molecule has 3 aromatic rings. The van der Waals surface area contributed by atoms with Gasteiger partial charge in [0.15, 0.2) is 0 Å².